The largest absolute Gasteiger partial charge is 0.416 e. The summed E-state index contributed by atoms with van der Waals surface area (Å²) in [4.78, 5) is 122. The normalized spacial score (nSPS) is 12.7. The number of benzene rings is 5. The second kappa shape index (κ2) is 53.6. The number of imidazole rings is 5. The SMILES string of the molecule is CC(C)CN(Cc1nc2cccnc2n1C1CCCC1)C(=O)c1cccc(C(F)(F)F)c1.CCCCCN(Cc1nc2cccnc2n1CCC)C(=O)c1cc(Cl)ccc1Cl.CCCCN(Cc1nc2cccnc2n1C1CCCC1)C(=O)c1ccc(Cl)cc1Cl.CCCN(Cc1nc2cccnc2n1CCC)C(=O)c1ccccc1C.CCCn1c(CN(CCC(C)C)C(=O)c2cc(Cl)ccc2Cl)nc2cccnc21. The van der Waals surface area contributed by atoms with Crippen molar-refractivity contribution in [2.75, 3.05) is 32.7 Å². The lowest BCUT2D eigenvalue weighted by molar-refractivity contribution is -0.137. The van der Waals surface area contributed by atoms with Gasteiger partial charge >= 0.3 is 6.18 Å². The van der Waals surface area contributed by atoms with Gasteiger partial charge < -0.3 is 47.3 Å². The van der Waals surface area contributed by atoms with E-state index in [0.717, 1.165) is 231 Å². The van der Waals surface area contributed by atoms with Crippen LogP contribution in [0.15, 0.2) is 195 Å². The number of halogens is 9. The summed E-state index contributed by atoms with van der Waals surface area (Å²) in [6.07, 6.45) is 23.1. The number of unbranched alkanes of at least 4 members (excludes halogenated alkanes) is 3. The minimum atomic E-state index is -4.50. The summed E-state index contributed by atoms with van der Waals surface area (Å²) in [7, 11) is 0. The maximum absolute atomic E-state index is 13.4. The van der Waals surface area contributed by atoms with E-state index in [0.29, 0.717) is 118 Å². The van der Waals surface area contributed by atoms with E-state index in [1.54, 1.807) is 84.3 Å². The number of carbonyl (C=O) groups is 5. The molecule has 15 aromatic rings. The van der Waals surface area contributed by atoms with Crippen LogP contribution in [-0.2, 0) is 58.5 Å². The highest BCUT2D eigenvalue weighted by Crippen LogP contribution is 2.38. The zero-order chi connectivity index (χ0) is 104. The summed E-state index contributed by atoms with van der Waals surface area (Å²) >= 11 is 37.2. The van der Waals surface area contributed by atoms with Crippen molar-refractivity contribution in [1.82, 2.24) is 97.2 Å². The topological polar surface area (TPSA) is 255 Å². The number of rotatable bonds is 37. The van der Waals surface area contributed by atoms with E-state index in [4.69, 9.17) is 94.5 Å². The van der Waals surface area contributed by atoms with Gasteiger partial charge in [0.15, 0.2) is 28.2 Å². The van der Waals surface area contributed by atoms with Crippen molar-refractivity contribution in [2.45, 2.75) is 262 Å². The van der Waals surface area contributed by atoms with Crippen LogP contribution in [-0.4, -0.2) is 159 Å². The number of aromatic nitrogens is 15. The lowest BCUT2D eigenvalue weighted by Crippen LogP contribution is -2.35. The molecule has 5 amide bonds. The number of hydrogen-bond donors (Lipinski definition) is 0. The molecule has 0 spiro atoms. The van der Waals surface area contributed by atoms with E-state index in [1.807, 2.05) is 131 Å². The van der Waals surface area contributed by atoms with Crippen molar-refractivity contribution in [3.8, 4) is 0 Å². The van der Waals surface area contributed by atoms with Crippen LogP contribution < -0.4 is 0 Å². The quantitative estimate of drug-likeness (QED) is 0.0328. The molecular weight excluding hydrogens is 1980 g/mol. The van der Waals surface area contributed by atoms with Crippen LogP contribution >= 0.6 is 69.6 Å². The molecule has 25 nitrogen and oxygen atoms in total. The molecule has 146 heavy (non-hydrogen) atoms. The van der Waals surface area contributed by atoms with Crippen LogP contribution in [0, 0.1) is 18.8 Å². The number of fused-ring (bicyclic) bond motifs is 5. The first kappa shape index (κ1) is 111. The van der Waals surface area contributed by atoms with E-state index in [9.17, 15) is 37.1 Å². The molecule has 772 valence electrons. The van der Waals surface area contributed by atoms with Gasteiger partial charge in [-0.1, -0.05) is 208 Å². The molecule has 0 radical (unpaired) electrons. The van der Waals surface area contributed by atoms with Gasteiger partial charge in [-0.2, -0.15) is 13.2 Å². The van der Waals surface area contributed by atoms with Gasteiger partial charge in [0.1, 0.15) is 56.7 Å². The number of aryl methyl sites for hydroxylation is 4. The number of alkyl halides is 3. The smallest absolute Gasteiger partial charge is 0.331 e. The minimum absolute atomic E-state index is 0.0297. The van der Waals surface area contributed by atoms with Gasteiger partial charge in [0.2, 0.25) is 0 Å². The molecule has 10 aromatic heterocycles. The Morgan fingerprint density at radius 2 is 0.740 bits per heavy atom. The Bertz CT molecular complexity index is 6930. The molecule has 0 saturated heterocycles. The lowest BCUT2D eigenvalue weighted by Gasteiger charge is -2.26. The van der Waals surface area contributed by atoms with Crippen LogP contribution in [0.5, 0.6) is 0 Å². The van der Waals surface area contributed by atoms with E-state index in [2.05, 4.69) is 103 Å². The van der Waals surface area contributed by atoms with E-state index in [-0.39, 0.29) is 47.7 Å². The third-order valence-electron chi connectivity index (χ3n) is 25.8. The maximum Gasteiger partial charge on any atom is 0.416 e. The zero-order valence-corrected chi connectivity index (χ0v) is 89.6. The molecule has 0 aliphatic heterocycles. The first-order chi connectivity index (χ1) is 70.4. The predicted molar refractivity (Wildman–Crippen MR) is 578 cm³/mol. The standard InChI is InChI=1S/C24H27F3N4O.C23H26Cl2N4O.2C22H26Cl2N4O.C21H26N4O/c1-16(2)14-30(23(32)17-7-5-8-18(13-17)24(25,26)27)15-21-29-20-11-6-12-28-22(20)31(21)19-9-3-4-10-19;1-2-3-13-28(23(30)18-11-10-16(24)14-19(18)25)15-21-27-20-9-6-12-26-22(20)29(21)17-7-4-5-8-17;1-4-11-28-20(26-19-6-5-10-25-21(19)28)14-27(12-9-15(2)3)22(29)17-13-16(23)7-8-18(17)24;1-3-5-6-13-27(22(29)17-14-16(23)9-10-18(17)24)15-20-26-19-8-7-11-25-21(19)28(20)12-4-2;1-4-13-24(21(26)17-10-7-6-9-16(17)3)15-19-23-18-11-8-12-22-20(18)25(19)14-5-2/h5-8,11-13,16,19H,3-4,9-10,14-15H2,1-2H3;6,9-12,14,17H,2-5,7-8,13,15H2,1H3;5-8,10,13,15H,4,9,11-12,14H2,1-3H3;7-11,14H,3-6,12-13,15H2,1-2H3;6-12H,4-5,13-15H2,1-3H3. The Balaban J connectivity index is 0.000000153. The fourth-order valence-corrected chi connectivity index (χ4v) is 19.9. The highest BCUT2D eigenvalue weighted by atomic mass is 35.5. The van der Waals surface area contributed by atoms with Crippen molar-refractivity contribution in [3.63, 3.8) is 0 Å². The van der Waals surface area contributed by atoms with Gasteiger partial charge in [-0.15, -0.1) is 0 Å². The monoisotopic (exact) mass is 2100 g/mol. The van der Waals surface area contributed by atoms with Crippen molar-refractivity contribution < 1.29 is 37.1 Å². The van der Waals surface area contributed by atoms with Crippen LogP contribution in [0.25, 0.3) is 55.8 Å². The van der Waals surface area contributed by atoms with Gasteiger partial charge in [0.05, 0.1) is 70.0 Å². The van der Waals surface area contributed by atoms with Crippen LogP contribution in [0.2, 0.25) is 30.1 Å². The van der Waals surface area contributed by atoms with Gasteiger partial charge in [0, 0.05) is 122 Å². The molecule has 0 atom stereocenters. The summed E-state index contributed by atoms with van der Waals surface area (Å²) in [5.41, 5.74) is 10.8. The number of pyridine rings is 5. The summed E-state index contributed by atoms with van der Waals surface area (Å²) < 4.78 is 50.3. The molecule has 10 heterocycles. The minimum Gasteiger partial charge on any atom is -0.331 e. The summed E-state index contributed by atoms with van der Waals surface area (Å²) in [6, 6.07) is 47.2. The maximum atomic E-state index is 13.4. The van der Waals surface area contributed by atoms with E-state index < -0.39 is 17.6 Å². The molecule has 34 heteroatoms. The Morgan fingerprint density at radius 1 is 0.356 bits per heavy atom. The van der Waals surface area contributed by atoms with Gasteiger partial charge in [-0.05, 0) is 234 Å². The Hall–Kier alpha value is -11.9. The second-order valence-electron chi connectivity index (χ2n) is 37.9. The molecule has 17 rings (SSSR count). The molecular formula is C112H131Cl6F3N20O5. The number of hydrogen-bond acceptors (Lipinski definition) is 15. The molecule has 5 aromatic carbocycles. The average Bonchev–Trinajstić information content (AvgIpc) is 1.62. The summed E-state index contributed by atoms with van der Waals surface area (Å²) in [5, 5.41) is 2.68. The molecule has 2 aliphatic rings. The van der Waals surface area contributed by atoms with Crippen molar-refractivity contribution in [2.24, 2.45) is 11.8 Å². The fraction of sp³-hybridized carbons (Fsp3) is 0.420. The number of carbonyl (C=O) groups excluding carboxylic acids is 5. The lowest BCUT2D eigenvalue weighted by atomic mass is 10.1. The molecule has 2 fully saturated rings. The third-order valence-corrected chi connectivity index (χ3v) is 27.4. The van der Waals surface area contributed by atoms with Crippen LogP contribution in [0.1, 0.15) is 289 Å². The third kappa shape index (κ3) is 28.7. The van der Waals surface area contributed by atoms with Crippen molar-refractivity contribution in [1.29, 1.82) is 0 Å². The molecule has 0 N–H and O–H groups in total. The Morgan fingerprint density at radius 3 is 1.16 bits per heavy atom. The van der Waals surface area contributed by atoms with Crippen molar-refractivity contribution in [3.05, 3.63) is 293 Å². The van der Waals surface area contributed by atoms with E-state index >= 15 is 0 Å². The summed E-state index contributed by atoms with van der Waals surface area (Å²) in [5.74, 6) is 4.08. The van der Waals surface area contributed by atoms with Gasteiger partial charge in [0.25, 0.3) is 29.5 Å². The highest BCUT2D eigenvalue weighted by Gasteiger charge is 2.35. The fourth-order valence-electron chi connectivity index (χ4n) is 18.6. The Kier molecular flexibility index (Phi) is 40.9. The predicted octanol–water partition coefficient (Wildman–Crippen LogP) is 28.2. The molecule has 0 bridgehead atoms. The van der Waals surface area contributed by atoms with Gasteiger partial charge in [-0.25, -0.2) is 49.8 Å². The van der Waals surface area contributed by atoms with Crippen LogP contribution in [0.4, 0.5) is 13.2 Å². The molecule has 2 saturated carbocycles. The Labute approximate surface area is 883 Å². The average molecular weight is 2110 g/mol. The first-order valence-corrected chi connectivity index (χ1v) is 53.3. The highest BCUT2D eigenvalue weighted by molar-refractivity contribution is 6.37. The number of nitrogens with zero attached hydrogens (tertiary/aromatic N) is 20. The molecule has 0 unspecified atom stereocenters. The van der Waals surface area contributed by atoms with Crippen LogP contribution in [0.3, 0.4) is 0 Å². The molecule has 2 aliphatic carbocycles. The zero-order valence-electron chi connectivity index (χ0n) is 85.1. The second-order valence-corrected chi connectivity index (χ2v) is 40.5. The summed E-state index contributed by atoms with van der Waals surface area (Å²) in [6.45, 7) is 30.4. The van der Waals surface area contributed by atoms with Crippen molar-refractivity contribution >= 4 is 155 Å². The number of amides is 5. The first-order valence-electron chi connectivity index (χ1n) is 51.0. The van der Waals surface area contributed by atoms with E-state index in [1.165, 1.54) is 25.0 Å². The van der Waals surface area contributed by atoms with Gasteiger partial charge in [-0.3, -0.25) is 24.0 Å².